The lowest BCUT2D eigenvalue weighted by atomic mass is 9.89. The number of sulfonamides is 1. The van der Waals surface area contributed by atoms with Gasteiger partial charge in [-0.2, -0.15) is 4.31 Å². The zero-order valence-corrected chi connectivity index (χ0v) is 18.3. The van der Waals surface area contributed by atoms with Crippen LogP contribution in [0.5, 0.6) is 5.75 Å². The molecule has 1 saturated heterocycles. The van der Waals surface area contributed by atoms with E-state index in [1.54, 1.807) is 30.3 Å². The van der Waals surface area contributed by atoms with Crippen LogP contribution in [0.4, 0.5) is 11.4 Å². The van der Waals surface area contributed by atoms with E-state index in [0.717, 1.165) is 0 Å². The highest BCUT2D eigenvalue weighted by Crippen LogP contribution is 2.31. The van der Waals surface area contributed by atoms with Crippen molar-refractivity contribution in [3.8, 4) is 5.75 Å². The number of anilines is 2. The molecule has 9 nitrogen and oxygen atoms in total. The lowest BCUT2D eigenvalue weighted by molar-refractivity contribution is -0.118. The summed E-state index contributed by atoms with van der Waals surface area (Å²) in [5, 5.41) is 5.29. The molecule has 2 aromatic carbocycles. The fraction of sp³-hybridized carbons (Fsp3) is 0.318. The smallest absolute Gasteiger partial charge is 0.262 e. The summed E-state index contributed by atoms with van der Waals surface area (Å²) in [5.41, 5.74) is 1.45. The predicted molar refractivity (Wildman–Crippen MR) is 117 cm³/mol. The highest BCUT2D eigenvalue weighted by atomic mass is 32.2. The molecule has 10 heteroatoms. The molecule has 0 aliphatic carbocycles. The summed E-state index contributed by atoms with van der Waals surface area (Å²) in [5.74, 6) is -0.371. The SMILES string of the molecule is CC(=O)Nc1ccc(S(=O)(=O)N2CCC(C(=O)c3ccc4c(c3)NC(=O)CO4)CC2)cc1. The number of rotatable bonds is 5. The first-order chi connectivity index (χ1) is 15.2. The molecule has 0 saturated carbocycles. The standard InChI is InChI=1S/C22H23N3O6S/c1-14(26)23-17-3-5-18(6-4-17)32(29,30)25-10-8-15(9-11-25)22(28)16-2-7-20-19(12-16)24-21(27)13-31-20/h2-7,12,15H,8-11,13H2,1H3,(H,23,26)(H,24,27). The lowest BCUT2D eigenvalue weighted by Crippen LogP contribution is -2.40. The zero-order chi connectivity index (χ0) is 22.9. The number of benzene rings is 2. The van der Waals surface area contributed by atoms with Gasteiger partial charge in [0.25, 0.3) is 5.91 Å². The van der Waals surface area contributed by atoms with E-state index in [0.29, 0.717) is 35.5 Å². The fourth-order valence-corrected chi connectivity index (χ4v) is 5.36. The summed E-state index contributed by atoms with van der Waals surface area (Å²) in [4.78, 5) is 35.7. The molecule has 4 rings (SSSR count). The van der Waals surface area contributed by atoms with E-state index in [2.05, 4.69) is 10.6 Å². The van der Waals surface area contributed by atoms with Crippen LogP contribution in [0, 0.1) is 5.92 Å². The first-order valence-electron chi connectivity index (χ1n) is 10.2. The van der Waals surface area contributed by atoms with Crippen molar-refractivity contribution < 1.29 is 27.5 Å². The van der Waals surface area contributed by atoms with Crippen LogP contribution in [0.15, 0.2) is 47.4 Å². The number of carbonyl (C=O) groups is 3. The Morgan fingerprint density at radius 2 is 1.78 bits per heavy atom. The van der Waals surface area contributed by atoms with Crippen LogP contribution < -0.4 is 15.4 Å². The number of fused-ring (bicyclic) bond motifs is 1. The maximum Gasteiger partial charge on any atom is 0.262 e. The van der Waals surface area contributed by atoms with Gasteiger partial charge in [-0.1, -0.05) is 0 Å². The number of carbonyl (C=O) groups excluding carboxylic acids is 3. The van der Waals surface area contributed by atoms with Gasteiger partial charge in [0, 0.05) is 37.2 Å². The van der Waals surface area contributed by atoms with Crippen molar-refractivity contribution in [2.24, 2.45) is 5.92 Å². The number of ketones is 1. The van der Waals surface area contributed by atoms with Gasteiger partial charge < -0.3 is 15.4 Å². The first-order valence-corrected chi connectivity index (χ1v) is 11.7. The van der Waals surface area contributed by atoms with Gasteiger partial charge in [-0.3, -0.25) is 14.4 Å². The van der Waals surface area contributed by atoms with Crippen molar-refractivity contribution >= 4 is 39.0 Å². The molecule has 2 amide bonds. The molecule has 168 valence electrons. The van der Waals surface area contributed by atoms with E-state index >= 15 is 0 Å². The molecule has 0 unspecified atom stereocenters. The van der Waals surface area contributed by atoms with Gasteiger partial charge in [0.1, 0.15) is 5.75 Å². The highest BCUT2D eigenvalue weighted by molar-refractivity contribution is 7.89. The minimum Gasteiger partial charge on any atom is -0.482 e. The zero-order valence-electron chi connectivity index (χ0n) is 17.5. The second-order valence-corrected chi connectivity index (χ2v) is 9.73. The normalized spacial score (nSPS) is 17.1. The molecule has 0 bridgehead atoms. The van der Waals surface area contributed by atoms with E-state index in [-0.39, 0.29) is 48.1 Å². The third-order valence-corrected chi connectivity index (χ3v) is 7.45. The molecule has 2 N–H and O–H groups in total. The van der Waals surface area contributed by atoms with Crippen LogP contribution >= 0.6 is 0 Å². The second kappa shape index (κ2) is 8.71. The van der Waals surface area contributed by atoms with Gasteiger partial charge in [0.2, 0.25) is 15.9 Å². The van der Waals surface area contributed by atoms with Crippen LogP contribution in [0.25, 0.3) is 0 Å². The van der Waals surface area contributed by atoms with Crippen molar-refractivity contribution in [3.05, 3.63) is 48.0 Å². The van der Waals surface area contributed by atoms with Crippen molar-refractivity contribution in [2.75, 3.05) is 30.3 Å². The van der Waals surface area contributed by atoms with Gasteiger partial charge in [-0.25, -0.2) is 8.42 Å². The van der Waals surface area contributed by atoms with Crippen LogP contribution in [0.3, 0.4) is 0 Å². The molecule has 2 heterocycles. The Balaban J connectivity index is 1.41. The van der Waals surface area contributed by atoms with Crippen molar-refractivity contribution in [1.82, 2.24) is 4.31 Å². The van der Waals surface area contributed by atoms with Crippen LogP contribution in [0.1, 0.15) is 30.1 Å². The third-order valence-electron chi connectivity index (χ3n) is 5.53. The minimum absolute atomic E-state index is 0.0524. The summed E-state index contributed by atoms with van der Waals surface area (Å²) in [7, 11) is -3.69. The molecular weight excluding hydrogens is 434 g/mol. The highest BCUT2D eigenvalue weighted by Gasteiger charge is 2.33. The average molecular weight is 458 g/mol. The summed E-state index contributed by atoms with van der Waals surface area (Å²) < 4.78 is 32.6. The number of piperidine rings is 1. The van der Waals surface area contributed by atoms with Gasteiger partial charge in [0.15, 0.2) is 12.4 Å². The molecule has 32 heavy (non-hydrogen) atoms. The van der Waals surface area contributed by atoms with Crippen molar-refractivity contribution in [1.29, 1.82) is 0 Å². The average Bonchev–Trinajstić information content (AvgIpc) is 2.78. The summed E-state index contributed by atoms with van der Waals surface area (Å²) >= 11 is 0. The molecule has 0 atom stereocenters. The molecular formula is C22H23N3O6S. The summed E-state index contributed by atoms with van der Waals surface area (Å²) in [6.07, 6.45) is 0.809. The second-order valence-electron chi connectivity index (χ2n) is 7.80. The van der Waals surface area contributed by atoms with Crippen LogP contribution in [-0.2, 0) is 19.6 Å². The molecule has 1 fully saturated rings. The number of ether oxygens (including phenoxy) is 1. The third kappa shape index (κ3) is 4.51. The van der Waals surface area contributed by atoms with Gasteiger partial charge in [0.05, 0.1) is 10.6 Å². The van der Waals surface area contributed by atoms with E-state index in [4.69, 9.17) is 4.74 Å². The fourth-order valence-electron chi connectivity index (χ4n) is 3.89. The number of nitrogens with one attached hydrogen (secondary N) is 2. The Kier molecular flexibility index (Phi) is 5.98. The van der Waals surface area contributed by atoms with Crippen LogP contribution in [-0.4, -0.2) is 50.0 Å². The summed E-state index contributed by atoms with van der Waals surface area (Å²) in [6.45, 7) is 1.79. The maximum absolute atomic E-state index is 13.0. The Hall–Kier alpha value is -3.24. The van der Waals surface area contributed by atoms with Crippen molar-refractivity contribution in [3.63, 3.8) is 0 Å². The monoisotopic (exact) mass is 457 g/mol. The first kappa shape index (κ1) is 22.0. The predicted octanol–water partition coefficient (Wildman–Crippen LogP) is 2.26. The van der Waals surface area contributed by atoms with Gasteiger partial charge in [-0.05, 0) is 55.3 Å². The molecule has 2 aliphatic rings. The van der Waals surface area contributed by atoms with E-state index in [1.165, 1.54) is 23.4 Å². The Morgan fingerprint density at radius 3 is 2.44 bits per heavy atom. The molecule has 0 spiro atoms. The van der Waals surface area contributed by atoms with Crippen molar-refractivity contribution in [2.45, 2.75) is 24.7 Å². The van der Waals surface area contributed by atoms with Gasteiger partial charge in [-0.15, -0.1) is 0 Å². The van der Waals surface area contributed by atoms with Gasteiger partial charge >= 0.3 is 0 Å². The molecule has 2 aliphatic heterocycles. The molecule has 0 aromatic heterocycles. The van der Waals surface area contributed by atoms with E-state index in [1.807, 2.05) is 0 Å². The Bertz CT molecular complexity index is 1170. The Labute approximate surface area is 185 Å². The minimum atomic E-state index is -3.69. The van der Waals surface area contributed by atoms with E-state index in [9.17, 15) is 22.8 Å². The maximum atomic E-state index is 13.0. The number of amides is 2. The van der Waals surface area contributed by atoms with E-state index < -0.39 is 10.0 Å². The molecule has 2 aromatic rings. The number of hydrogen-bond donors (Lipinski definition) is 2. The lowest BCUT2D eigenvalue weighted by Gasteiger charge is -2.30. The topological polar surface area (TPSA) is 122 Å². The Morgan fingerprint density at radius 1 is 1.09 bits per heavy atom. The summed E-state index contributed by atoms with van der Waals surface area (Å²) in [6, 6.07) is 10.9. The number of nitrogens with zero attached hydrogens (tertiary/aromatic N) is 1. The quantitative estimate of drug-likeness (QED) is 0.664. The number of Topliss-reactive ketones (excluding diaryl/α,β-unsaturated/α-hetero) is 1. The largest absolute Gasteiger partial charge is 0.482 e. The van der Waals surface area contributed by atoms with Crippen LogP contribution in [0.2, 0.25) is 0 Å². The number of hydrogen-bond acceptors (Lipinski definition) is 6. The molecule has 0 radical (unpaired) electrons.